The predicted molar refractivity (Wildman–Crippen MR) is 155 cm³/mol. The highest BCUT2D eigenvalue weighted by molar-refractivity contribution is 5.95. The summed E-state index contributed by atoms with van der Waals surface area (Å²) in [6.45, 7) is -0.0925. The van der Waals surface area contributed by atoms with Gasteiger partial charge in [-0.25, -0.2) is 14.2 Å². The molecule has 0 saturated carbocycles. The van der Waals surface area contributed by atoms with E-state index in [1.54, 1.807) is 31.8 Å². The number of halogens is 4. The molecule has 3 amide bonds. The third-order valence-electron chi connectivity index (χ3n) is 6.64. The molecule has 0 spiro atoms. The van der Waals surface area contributed by atoms with E-state index in [-0.39, 0.29) is 36.5 Å². The summed E-state index contributed by atoms with van der Waals surface area (Å²) in [7, 11) is 7.64. The van der Waals surface area contributed by atoms with Crippen molar-refractivity contribution in [3.63, 3.8) is 0 Å². The summed E-state index contributed by atoms with van der Waals surface area (Å²) >= 11 is 0. The van der Waals surface area contributed by atoms with Gasteiger partial charge in [-0.1, -0.05) is 6.08 Å². The van der Waals surface area contributed by atoms with Crippen LogP contribution in [0.4, 0.5) is 28.0 Å². The second-order valence-electron chi connectivity index (χ2n) is 10.5. The van der Waals surface area contributed by atoms with Crippen LogP contribution in [0, 0.1) is 5.82 Å². The number of anilines is 1. The fraction of sp³-hybridized carbons (Fsp3) is 0.414. The number of nitrogens with one attached hydrogen (secondary N) is 1. The van der Waals surface area contributed by atoms with Gasteiger partial charge in [-0.15, -0.1) is 0 Å². The van der Waals surface area contributed by atoms with Gasteiger partial charge in [0.1, 0.15) is 11.5 Å². The van der Waals surface area contributed by atoms with Crippen molar-refractivity contribution < 1.29 is 36.7 Å². The average molecular weight is 623 g/mol. The summed E-state index contributed by atoms with van der Waals surface area (Å²) in [6.07, 6.45) is -2.61. The van der Waals surface area contributed by atoms with Crippen molar-refractivity contribution in [1.29, 1.82) is 0 Å². The lowest BCUT2D eigenvalue weighted by Gasteiger charge is -2.19. The molecule has 11 nitrogen and oxygen atoms in total. The maximum atomic E-state index is 14.2. The molecule has 0 aliphatic carbocycles. The summed E-state index contributed by atoms with van der Waals surface area (Å²) < 4.78 is 60.9. The number of aryl methyl sites for hydroxylation is 2. The van der Waals surface area contributed by atoms with Gasteiger partial charge in [0.25, 0.3) is 11.5 Å². The number of allylic oxidation sites excluding steroid dienone is 1. The Morgan fingerprint density at radius 1 is 1.11 bits per heavy atom. The van der Waals surface area contributed by atoms with E-state index in [0.717, 1.165) is 17.2 Å². The van der Waals surface area contributed by atoms with Gasteiger partial charge in [-0.3, -0.25) is 19.0 Å². The van der Waals surface area contributed by atoms with Gasteiger partial charge in [-0.2, -0.15) is 13.2 Å². The largest absolute Gasteiger partial charge is 0.436 e. The number of alkyl halides is 3. The van der Waals surface area contributed by atoms with Gasteiger partial charge in [0.2, 0.25) is 5.91 Å². The highest BCUT2D eigenvalue weighted by Crippen LogP contribution is 2.29. The molecule has 0 aliphatic heterocycles. The zero-order chi connectivity index (χ0) is 32.8. The van der Waals surface area contributed by atoms with Crippen LogP contribution in [0.1, 0.15) is 30.5 Å². The Bertz CT molecular complexity index is 1610. The Balaban J connectivity index is 1.84. The second kappa shape index (κ2) is 14.2. The molecule has 1 N–H and O–H groups in total. The smallest absolute Gasteiger partial charge is 0.410 e. The Hall–Kier alpha value is -4.69. The lowest BCUT2D eigenvalue weighted by atomic mass is 10.1. The standard InChI is InChI=1S/C29H34F4N6O5/c1-36(2)24(40)9-7-6-8-23(44-28(43)37(3)4)26(41)35-22-15-34-17-39(27(22)42)16-21-14-19-13-20(30)12-18(25(19)38(21)5)10-11-29(31,32)33/h7,9,12-15,17,23H,6,8,10-11,16H2,1-5H3,(H,35,41)/b9-7+/t23-/m0/s1. The number of hydrogen-bond donors (Lipinski definition) is 1. The van der Waals surface area contributed by atoms with Crippen molar-refractivity contribution >= 4 is 34.5 Å². The van der Waals surface area contributed by atoms with Crippen LogP contribution in [0.5, 0.6) is 0 Å². The highest BCUT2D eigenvalue weighted by Gasteiger charge is 2.28. The predicted octanol–water partition coefficient (Wildman–Crippen LogP) is 3.85. The molecular weight excluding hydrogens is 588 g/mol. The molecule has 0 radical (unpaired) electrons. The summed E-state index contributed by atoms with van der Waals surface area (Å²) in [5, 5.41) is 2.82. The number of ether oxygens (including phenoxy) is 1. The van der Waals surface area contributed by atoms with E-state index < -0.39 is 48.5 Å². The van der Waals surface area contributed by atoms with Crippen LogP contribution in [-0.2, 0) is 34.3 Å². The van der Waals surface area contributed by atoms with Gasteiger partial charge in [0.15, 0.2) is 6.10 Å². The summed E-state index contributed by atoms with van der Waals surface area (Å²) in [4.78, 5) is 56.8. The topological polar surface area (TPSA) is 119 Å². The first-order valence-electron chi connectivity index (χ1n) is 13.5. The van der Waals surface area contributed by atoms with E-state index >= 15 is 0 Å². The fourth-order valence-electron chi connectivity index (χ4n) is 4.32. The van der Waals surface area contributed by atoms with Crippen molar-refractivity contribution in [2.75, 3.05) is 33.5 Å². The van der Waals surface area contributed by atoms with Crippen molar-refractivity contribution in [2.45, 2.75) is 44.5 Å². The third-order valence-corrected chi connectivity index (χ3v) is 6.64. The number of amides is 3. The number of benzene rings is 1. The second-order valence-corrected chi connectivity index (χ2v) is 10.5. The number of aromatic nitrogens is 3. The van der Waals surface area contributed by atoms with Crippen LogP contribution in [-0.4, -0.2) is 82.3 Å². The van der Waals surface area contributed by atoms with E-state index in [9.17, 15) is 36.7 Å². The molecule has 2 heterocycles. The molecule has 238 valence electrons. The van der Waals surface area contributed by atoms with E-state index in [1.807, 2.05) is 0 Å². The minimum absolute atomic E-state index is 0.0141. The monoisotopic (exact) mass is 622 g/mol. The molecule has 0 saturated heterocycles. The van der Waals surface area contributed by atoms with Gasteiger partial charge in [-0.05, 0) is 49.1 Å². The molecule has 0 fully saturated rings. The SMILES string of the molecule is CN(C)C(=O)/C=C/CC[C@H](OC(=O)N(C)C)C(=O)Nc1cncn(Cc2cc3cc(F)cc(CCC(F)(F)F)c3n2C)c1=O. The lowest BCUT2D eigenvalue weighted by molar-refractivity contribution is -0.134. The summed E-state index contributed by atoms with van der Waals surface area (Å²) in [5.41, 5.74) is 0.191. The van der Waals surface area contributed by atoms with E-state index in [2.05, 4.69) is 10.3 Å². The van der Waals surface area contributed by atoms with Crippen LogP contribution in [0.25, 0.3) is 10.9 Å². The van der Waals surface area contributed by atoms with Crippen LogP contribution in [0.15, 0.2) is 47.7 Å². The zero-order valence-corrected chi connectivity index (χ0v) is 24.9. The van der Waals surface area contributed by atoms with Crippen LogP contribution in [0.2, 0.25) is 0 Å². The minimum Gasteiger partial charge on any atom is -0.436 e. The Morgan fingerprint density at radius 2 is 1.82 bits per heavy atom. The normalized spacial score (nSPS) is 12.4. The molecule has 2 aromatic heterocycles. The quantitative estimate of drug-likeness (QED) is 0.257. The first-order valence-corrected chi connectivity index (χ1v) is 13.5. The number of fused-ring (bicyclic) bond motifs is 1. The number of likely N-dealkylation sites (N-methyl/N-ethyl adjacent to an activating group) is 1. The Labute approximate surface area is 250 Å². The van der Waals surface area contributed by atoms with Crippen molar-refractivity contribution in [3.05, 3.63) is 70.3 Å². The van der Waals surface area contributed by atoms with Crippen LogP contribution >= 0.6 is 0 Å². The van der Waals surface area contributed by atoms with Gasteiger partial charge in [0.05, 0.1) is 24.6 Å². The van der Waals surface area contributed by atoms with E-state index in [0.29, 0.717) is 16.6 Å². The molecule has 0 bridgehead atoms. The third kappa shape index (κ3) is 8.91. The molecule has 1 atom stereocenters. The molecule has 3 rings (SSSR count). The fourth-order valence-corrected chi connectivity index (χ4v) is 4.32. The number of rotatable bonds is 11. The molecule has 0 unspecified atom stereocenters. The number of carbonyl (C=O) groups excluding carboxylic acids is 3. The lowest BCUT2D eigenvalue weighted by Crippen LogP contribution is -2.37. The van der Waals surface area contributed by atoms with Crippen LogP contribution in [0.3, 0.4) is 0 Å². The number of hydrogen-bond acceptors (Lipinski definition) is 6. The molecular formula is C29H34F4N6O5. The summed E-state index contributed by atoms with van der Waals surface area (Å²) in [6, 6.07) is 3.84. The van der Waals surface area contributed by atoms with Crippen molar-refractivity contribution in [3.8, 4) is 0 Å². The Kier molecular flexibility index (Phi) is 10.9. The Morgan fingerprint density at radius 3 is 2.45 bits per heavy atom. The maximum absolute atomic E-state index is 14.2. The minimum atomic E-state index is -4.41. The summed E-state index contributed by atoms with van der Waals surface area (Å²) in [5.74, 6) is -1.74. The van der Waals surface area contributed by atoms with Gasteiger partial charge >= 0.3 is 12.3 Å². The number of nitrogens with zero attached hydrogens (tertiary/aromatic N) is 5. The van der Waals surface area contributed by atoms with Crippen LogP contribution < -0.4 is 10.9 Å². The maximum Gasteiger partial charge on any atom is 0.410 e. The molecule has 0 aliphatic rings. The van der Waals surface area contributed by atoms with E-state index in [1.165, 1.54) is 48.1 Å². The highest BCUT2D eigenvalue weighted by atomic mass is 19.4. The number of carbonyl (C=O) groups is 3. The zero-order valence-electron chi connectivity index (χ0n) is 24.9. The first-order chi connectivity index (χ1) is 20.6. The van der Waals surface area contributed by atoms with E-state index in [4.69, 9.17) is 4.74 Å². The van der Waals surface area contributed by atoms with Gasteiger partial charge in [0, 0.05) is 52.7 Å². The van der Waals surface area contributed by atoms with Crippen molar-refractivity contribution in [2.24, 2.45) is 7.05 Å². The molecule has 1 aromatic carbocycles. The molecule has 3 aromatic rings. The molecule has 15 heteroatoms. The average Bonchev–Trinajstić information content (AvgIpc) is 3.24. The van der Waals surface area contributed by atoms with Gasteiger partial charge < -0.3 is 24.4 Å². The van der Waals surface area contributed by atoms with Crippen molar-refractivity contribution in [1.82, 2.24) is 23.9 Å². The molecule has 44 heavy (non-hydrogen) atoms. The first kappa shape index (κ1) is 33.8.